The number of carbonyl (C=O) groups excluding carboxylic acids is 1. The van der Waals surface area contributed by atoms with Crippen molar-refractivity contribution in [2.75, 3.05) is 27.9 Å². The zero-order chi connectivity index (χ0) is 18.7. The summed E-state index contributed by atoms with van der Waals surface area (Å²) in [6.45, 7) is 6.15. The molecule has 0 aliphatic carbocycles. The largest absolute Gasteiger partial charge is 0.496 e. The number of nitrogens with one attached hydrogen (secondary N) is 1. The second-order valence-corrected chi connectivity index (χ2v) is 6.02. The van der Waals surface area contributed by atoms with E-state index in [1.165, 1.54) is 0 Å². The van der Waals surface area contributed by atoms with E-state index in [-0.39, 0.29) is 5.78 Å². The molecule has 1 aromatic carbocycles. The molecule has 136 valence electrons. The van der Waals surface area contributed by atoms with Crippen LogP contribution in [0.25, 0.3) is 0 Å². The van der Waals surface area contributed by atoms with Gasteiger partial charge in [-0.15, -0.1) is 0 Å². The van der Waals surface area contributed by atoms with Crippen LogP contribution in [0.15, 0.2) is 23.4 Å². The van der Waals surface area contributed by atoms with Crippen LogP contribution in [-0.4, -0.2) is 43.7 Å². The number of allylic oxidation sites excluding steroid dienone is 1. The highest BCUT2D eigenvalue weighted by Crippen LogP contribution is 2.41. The van der Waals surface area contributed by atoms with E-state index in [1.54, 1.807) is 34.3 Å². The maximum atomic E-state index is 12.4. The normalized spacial score (nSPS) is 17.3. The van der Waals surface area contributed by atoms with E-state index in [4.69, 9.17) is 26.4 Å². The molecular formula is C18H24N2O4S. The minimum atomic E-state index is -0.414. The van der Waals surface area contributed by atoms with Crippen LogP contribution in [0.3, 0.4) is 0 Å². The molecule has 0 bridgehead atoms. The third kappa shape index (κ3) is 3.42. The smallest absolute Gasteiger partial charge is 0.173 e. The summed E-state index contributed by atoms with van der Waals surface area (Å²) in [6, 6.07) is 3.15. The fourth-order valence-electron chi connectivity index (χ4n) is 3.13. The van der Waals surface area contributed by atoms with E-state index < -0.39 is 6.04 Å². The molecule has 1 atom stereocenters. The molecule has 0 aromatic heterocycles. The van der Waals surface area contributed by atoms with E-state index in [9.17, 15) is 4.79 Å². The third-order valence-corrected chi connectivity index (χ3v) is 4.68. The first-order chi connectivity index (χ1) is 11.9. The number of hydrogen-bond acceptors (Lipinski definition) is 5. The second-order valence-electron chi connectivity index (χ2n) is 5.63. The van der Waals surface area contributed by atoms with Crippen molar-refractivity contribution in [3.63, 3.8) is 0 Å². The van der Waals surface area contributed by atoms with E-state index in [0.29, 0.717) is 34.5 Å². The first-order valence-corrected chi connectivity index (χ1v) is 8.39. The molecule has 1 aromatic rings. The summed E-state index contributed by atoms with van der Waals surface area (Å²) in [5.41, 5.74) is 2.27. The van der Waals surface area contributed by atoms with Crippen molar-refractivity contribution in [1.82, 2.24) is 10.2 Å². The summed E-state index contributed by atoms with van der Waals surface area (Å²) < 4.78 is 16.3. The van der Waals surface area contributed by atoms with Crippen molar-refractivity contribution in [3.05, 3.63) is 29.0 Å². The SMILES string of the molecule is CCN1C(=S)NC(c2cc(OC)c(OC)cc2OC)C(C(C)=O)=C1C. The number of benzene rings is 1. The minimum absolute atomic E-state index is 0.0206. The summed E-state index contributed by atoms with van der Waals surface area (Å²) in [6.07, 6.45) is 0. The average Bonchev–Trinajstić information content (AvgIpc) is 2.59. The molecule has 0 fully saturated rings. The first kappa shape index (κ1) is 19.1. The number of Topliss-reactive ketones (excluding diaryl/α,β-unsaturated/α-hetero) is 1. The Labute approximate surface area is 153 Å². The van der Waals surface area contributed by atoms with Crippen molar-refractivity contribution < 1.29 is 19.0 Å². The zero-order valence-corrected chi connectivity index (χ0v) is 16.2. The van der Waals surface area contributed by atoms with Crippen molar-refractivity contribution in [2.45, 2.75) is 26.8 Å². The molecule has 1 aliphatic heterocycles. The van der Waals surface area contributed by atoms with Crippen LogP contribution in [0.2, 0.25) is 0 Å². The van der Waals surface area contributed by atoms with E-state index >= 15 is 0 Å². The van der Waals surface area contributed by atoms with Crippen molar-refractivity contribution in [2.24, 2.45) is 0 Å². The molecule has 1 N–H and O–H groups in total. The minimum Gasteiger partial charge on any atom is -0.496 e. The highest BCUT2D eigenvalue weighted by Gasteiger charge is 2.34. The number of ether oxygens (including phenoxy) is 3. The lowest BCUT2D eigenvalue weighted by Gasteiger charge is -2.37. The standard InChI is InChI=1S/C18H24N2O4S/c1-7-20-10(2)16(11(3)21)17(19-18(20)25)12-8-14(23-5)15(24-6)9-13(12)22-4/h8-9,17H,7H2,1-6H3,(H,19,25). The third-order valence-electron chi connectivity index (χ3n) is 4.34. The van der Waals surface area contributed by atoms with Crippen LogP contribution in [0.5, 0.6) is 17.2 Å². The summed E-state index contributed by atoms with van der Waals surface area (Å²) in [7, 11) is 4.71. The monoisotopic (exact) mass is 364 g/mol. The Morgan fingerprint density at radius 3 is 2.20 bits per heavy atom. The second kappa shape index (κ2) is 7.74. The van der Waals surface area contributed by atoms with Gasteiger partial charge in [0.2, 0.25) is 0 Å². The molecule has 6 nitrogen and oxygen atoms in total. The fraction of sp³-hybridized carbons (Fsp3) is 0.444. The fourth-order valence-corrected chi connectivity index (χ4v) is 3.51. The predicted octanol–water partition coefficient (Wildman–Crippen LogP) is 2.83. The van der Waals surface area contributed by atoms with Gasteiger partial charge < -0.3 is 24.4 Å². The molecule has 1 unspecified atom stereocenters. The lowest BCUT2D eigenvalue weighted by Crippen LogP contribution is -2.47. The van der Waals surface area contributed by atoms with Crippen molar-refractivity contribution in [3.8, 4) is 17.2 Å². The Kier molecular flexibility index (Phi) is 5.89. The Bertz CT molecular complexity index is 730. The highest BCUT2D eigenvalue weighted by molar-refractivity contribution is 7.80. The van der Waals surface area contributed by atoms with Gasteiger partial charge in [0, 0.05) is 29.4 Å². The summed E-state index contributed by atoms with van der Waals surface area (Å²) in [5.74, 6) is 1.69. The summed E-state index contributed by atoms with van der Waals surface area (Å²) >= 11 is 5.48. The van der Waals surface area contributed by atoms with Gasteiger partial charge in [0.05, 0.1) is 27.4 Å². The van der Waals surface area contributed by atoms with E-state index in [1.807, 2.05) is 24.8 Å². The highest BCUT2D eigenvalue weighted by atomic mass is 32.1. The molecule has 0 radical (unpaired) electrons. The Balaban J connectivity index is 2.68. The van der Waals surface area contributed by atoms with Crippen LogP contribution >= 0.6 is 12.2 Å². The number of rotatable bonds is 6. The molecule has 0 spiro atoms. The lowest BCUT2D eigenvalue weighted by molar-refractivity contribution is -0.114. The van der Waals surface area contributed by atoms with Crippen LogP contribution in [0, 0.1) is 0 Å². The Morgan fingerprint density at radius 1 is 1.16 bits per heavy atom. The number of ketones is 1. The van der Waals surface area contributed by atoms with Gasteiger partial charge in [-0.25, -0.2) is 0 Å². The Hall–Kier alpha value is -2.28. The van der Waals surface area contributed by atoms with Crippen LogP contribution < -0.4 is 19.5 Å². The van der Waals surface area contributed by atoms with Gasteiger partial charge in [-0.1, -0.05) is 0 Å². The van der Waals surface area contributed by atoms with E-state index in [0.717, 1.165) is 11.3 Å². The first-order valence-electron chi connectivity index (χ1n) is 7.99. The van der Waals surface area contributed by atoms with Gasteiger partial charge in [-0.2, -0.15) is 0 Å². The summed E-state index contributed by atoms with van der Waals surface area (Å²) in [5, 5.41) is 3.84. The van der Waals surface area contributed by atoms with Gasteiger partial charge >= 0.3 is 0 Å². The van der Waals surface area contributed by atoms with Crippen LogP contribution in [-0.2, 0) is 4.79 Å². The Morgan fingerprint density at radius 2 is 1.72 bits per heavy atom. The lowest BCUT2D eigenvalue weighted by atomic mass is 9.91. The van der Waals surface area contributed by atoms with Gasteiger partial charge in [-0.05, 0) is 39.1 Å². The number of hydrogen-bond donors (Lipinski definition) is 1. The molecule has 2 rings (SSSR count). The maximum Gasteiger partial charge on any atom is 0.173 e. The molecular weight excluding hydrogens is 340 g/mol. The van der Waals surface area contributed by atoms with Gasteiger partial charge in [0.15, 0.2) is 22.4 Å². The van der Waals surface area contributed by atoms with Gasteiger partial charge in [0.1, 0.15) is 5.75 Å². The number of carbonyl (C=O) groups is 1. The zero-order valence-electron chi connectivity index (χ0n) is 15.4. The molecule has 25 heavy (non-hydrogen) atoms. The van der Waals surface area contributed by atoms with Gasteiger partial charge in [-0.3, -0.25) is 4.79 Å². The van der Waals surface area contributed by atoms with Crippen LogP contribution in [0.4, 0.5) is 0 Å². The summed E-state index contributed by atoms with van der Waals surface area (Å²) in [4.78, 5) is 14.3. The molecule has 7 heteroatoms. The molecule has 1 aliphatic rings. The molecule has 0 saturated carbocycles. The van der Waals surface area contributed by atoms with Crippen molar-refractivity contribution in [1.29, 1.82) is 0 Å². The molecule has 1 heterocycles. The average molecular weight is 364 g/mol. The van der Waals surface area contributed by atoms with Crippen LogP contribution in [0.1, 0.15) is 32.4 Å². The maximum absolute atomic E-state index is 12.4. The number of thiocarbonyl (C=S) groups is 1. The topological polar surface area (TPSA) is 60.0 Å². The van der Waals surface area contributed by atoms with E-state index in [2.05, 4.69) is 5.32 Å². The quantitative estimate of drug-likeness (QED) is 0.779. The molecule has 0 saturated heterocycles. The number of nitrogens with zero attached hydrogens (tertiary/aromatic N) is 1. The molecule has 0 amide bonds. The predicted molar refractivity (Wildman–Crippen MR) is 100 cm³/mol. The van der Waals surface area contributed by atoms with Crippen molar-refractivity contribution >= 4 is 23.1 Å². The number of methoxy groups -OCH3 is 3. The van der Waals surface area contributed by atoms with Gasteiger partial charge in [0.25, 0.3) is 0 Å².